The average molecular weight is 366 g/mol. The molecule has 27 heavy (non-hydrogen) atoms. The molecule has 0 spiro atoms. The van der Waals surface area contributed by atoms with E-state index >= 15 is 0 Å². The first kappa shape index (κ1) is 19.2. The largest absolute Gasteiger partial charge is 0.333 e. The van der Waals surface area contributed by atoms with Gasteiger partial charge in [-0.1, -0.05) is 51.1 Å². The van der Waals surface area contributed by atoms with E-state index in [9.17, 15) is 9.18 Å². The third-order valence-corrected chi connectivity index (χ3v) is 4.70. The van der Waals surface area contributed by atoms with Crippen molar-refractivity contribution < 1.29 is 4.39 Å². The summed E-state index contributed by atoms with van der Waals surface area (Å²) in [6.45, 7) is 7.11. The van der Waals surface area contributed by atoms with Crippen molar-refractivity contribution in [2.45, 2.75) is 46.6 Å². The zero-order chi connectivity index (χ0) is 19.4. The Bertz CT molecular complexity index is 937. The number of halogens is 1. The van der Waals surface area contributed by atoms with Gasteiger partial charge in [0, 0.05) is 18.7 Å². The molecule has 0 N–H and O–H groups in total. The minimum Gasteiger partial charge on any atom is -0.296 e. The minimum atomic E-state index is -0.299. The molecule has 0 radical (unpaired) electrons. The van der Waals surface area contributed by atoms with E-state index in [0.717, 1.165) is 29.8 Å². The van der Waals surface area contributed by atoms with E-state index in [1.807, 2.05) is 22.8 Å². The number of aromatic nitrogens is 2. The van der Waals surface area contributed by atoms with Gasteiger partial charge in [0.15, 0.2) is 0 Å². The fourth-order valence-electron chi connectivity index (χ4n) is 3.53. The quantitative estimate of drug-likeness (QED) is 0.579. The molecule has 142 valence electrons. The van der Waals surface area contributed by atoms with Crippen LogP contribution in [-0.4, -0.2) is 9.13 Å². The zero-order valence-electron chi connectivity index (χ0n) is 16.3. The van der Waals surface area contributed by atoms with Crippen LogP contribution >= 0.6 is 0 Å². The first-order valence-electron chi connectivity index (χ1n) is 9.64. The van der Waals surface area contributed by atoms with Gasteiger partial charge in [0.2, 0.25) is 0 Å². The summed E-state index contributed by atoms with van der Waals surface area (Å²) in [5.41, 5.74) is 3.93. The molecule has 4 heteroatoms. The van der Waals surface area contributed by atoms with Gasteiger partial charge in [-0.2, -0.15) is 0 Å². The van der Waals surface area contributed by atoms with Crippen LogP contribution in [0.15, 0.2) is 59.4 Å². The fraction of sp³-hybridized carbons (Fsp3) is 0.348. The third-order valence-electron chi connectivity index (χ3n) is 4.70. The zero-order valence-corrected chi connectivity index (χ0v) is 16.3. The Kier molecular flexibility index (Phi) is 5.94. The van der Waals surface area contributed by atoms with Gasteiger partial charge >= 0.3 is 5.69 Å². The standard InChI is InChI=1S/C23H27FN2O/c1-4-14-25-21(15-17(2)3)22(16-18-8-6-5-7-9-18)26(23(25)27)20-12-10-19(24)11-13-20/h5-13,17H,4,14-16H2,1-3H3. The third kappa shape index (κ3) is 4.21. The molecule has 1 heterocycles. The van der Waals surface area contributed by atoms with Crippen LogP contribution in [0.5, 0.6) is 0 Å². The molecule has 3 rings (SSSR count). The van der Waals surface area contributed by atoms with Gasteiger partial charge in [0.1, 0.15) is 5.82 Å². The van der Waals surface area contributed by atoms with Crippen molar-refractivity contribution in [1.82, 2.24) is 9.13 Å². The molecule has 0 fully saturated rings. The average Bonchev–Trinajstić information content (AvgIpc) is 2.89. The monoisotopic (exact) mass is 366 g/mol. The number of hydrogen-bond acceptors (Lipinski definition) is 1. The Morgan fingerprint density at radius 2 is 1.63 bits per heavy atom. The summed E-state index contributed by atoms with van der Waals surface area (Å²) in [4.78, 5) is 13.3. The molecule has 0 aliphatic heterocycles. The Morgan fingerprint density at radius 3 is 2.22 bits per heavy atom. The van der Waals surface area contributed by atoms with E-state index in [-0.39, 0.29) is 11.5 Å². The Labute approximate surface area is 160 Å². The van der Waals surface area contributed by atoms with Crippen molar-refractivity contribution in [2.24, 2.45) is 5.92 Å². The number of benzene rings is 2. The molecule has 1 aromatic heterocycles. The van der Waals surface area contributed by atoms with Crippen LogP contribution in [-0.2, 0) is 19.4 Å². The smallest absolute Gasteiger partial charge is 0.296 e. The summed E-state index contributed by atoms with van der Waals surface area (Å²) in [5, 5.41) is 0. The first-order chi connectivity index (χ1) is 13.0. The second kappa shape index (κ2) is 8.38. The SMILES string of the molecule is CCCn1c(CC(C)C)c(Cc2ccccc2)n(-c2ccc(F)cc2)c1=O. The van der Waals surface area contributed by atoms with Crippen LogP contribution in [0.3, 0.4) is 0 Å². The molecule has 0 unspecified atom stereocenters. The van der Waals surface area contributed by atoms with Crippen LogP contribution in [0.1, 0.15) is 44.1 Å². The van der Waals surface area contributed by atoms with Crippen LogP contribution in [0.4, 0.5) is 4.39 Å². The predicted molar refractivity (Wildman–Crippen MR) is 108 cm³/mol. The molecule has 0 bridgehead atoms. The Morgan fingerprint density at radius 1 is 0.963 bits per heavy atom. The lowest BCUT2D eigenvalue weighted by molar-refractivity contribution is 0.566. The fourth-order valence-corrected chi connectivity index (χ4v) is 3.53. The van der Waals surface area contributed by atoms with Gasteiger partial charge in [0.05, 0.1) is 11.4 Å². The first-order valence-corrected chi connectivity index (χ1v) is 9.64. The maximum atomic E-state index is 13.4. The molecule has 2 aromatic carbocycles. The van der Waals surface area contributed by atoms with E-state index in [1.54, 1.807) is 16.7 Å². The van der Waals surface area contributed by atoms with E-state index in [4.69, 9.17) is 0 Å². The van der Waals surface area contributed by atoms with Gasteiger partial charge in [-0.15, -0.1) is 0 Å². The molecular formula is C23H27FN2O. The highest BCUT2D eigenvalue weighted by Crippen LogP contribution is 2.21. The molecule has 0 amide bonds. The van der Waals surface area contributed by atoms with Gasteiger partial charge in [-0.3, -0.25) is 9.13 Å². The van der Waals surface area contributed by atoms with Crippen LogP contribution < -0.4 is 5.69 Å². The Hall–Kier alpha value is -2.62. The second-order valence-electron chi connectivity index (χ2n) is 7.40. The molecule has 0 saturated carbocycles. The van der Waals surface area contributed by atoms with E-state index in [1.165, 1.54) is 12.1 Å². The van der Waals surface area contributed by atoms with Gasteiger partial charge in [-0.25, -0.2) is 9.18 Å². The van der Waals surface area contributed by atoms with Crippen molar-refractivity contribution in [1.29, 1.82) is 0 Å². The minimum absolute atomic E-state index is 0.0370. The van der Waals surface area contributed by atoms with Gasteiger partial charge < -0.3 is 0 Å². The highest BCUT2D eigenvalue weighted by Gasteiger charge is 2.21. The summed E-state index contributed by atoms with van der Waals surface area (Å²) < 4.78 is 17.1. The van der Waals surface area contributed by atoms with E-state index in [2.05, 4.69) is 32.9 Å². The summed E-state index contributed by atoms with van der Waals surface area (Å²) in [5.74, 6) is 0.137. The van der Waals surface area contributed by atoms with Crippen molar-refractivity contribution in [3.05, 3.63) is 87.9 Å². The number of hydrogen-bond donors (Lipinski definition) is 0. The summed E-state index contributed by atoms with van der Waals surface area (Å²) in [6, 6.07) is 16.4. The lowest BCUT2D eigenvalue weighted by atomic mass is 10.0. The van der Waals surface area contributed by atoms with E-state index in [0.29, 0.717) is 24.6 Å². The highest BCUT2D eigenvalue weighted by atomic mass is 19.1. The topological polar surface area (TPSA) is 26.9 Å². The maximum absolute atomic E-state index is 13.4. The molecule has 3 aromatic rings. The molecule has 0 aliphatic rings. The normalized spacial score (nSPS) is 11.3. The molecular weight excluding hydrogens is 339 g/mol. The van der Waals surface area contributed by atoms with Crippen molar-refractivity contribution in [3.63, 3.8) is 0 Å². The van der Waals surface area contributed by atoms with Crippen LogP contribution in [0.25, 0.3) is 5.69 Å². The lowest BCUT2D eigenvalue weighted by Crippen LogP contribution is -2.24. The molecule has 0 saturated heterocycles. The van der Waals surface area contributed by atoms with Gasteiger partial charge in [-0.05, 0) is 48.6 Å². The lowest BCUT2D eigenvalue weighted by Gasteiger charge is -2.13. The number of rotatable bonds is 7. The molecule has 0 aliphatic carbocycles. The second-order valence-corrected chi connectivity index (χ2v) is 7.40. The summed E-state index contributed by atoms with van der Waals surface area (Å²) in [7, 11) is 0. The summed E-state index contributed by atoms with van der Waals surface area (Å²) in [6.07, 6.45) is 2.40. The number of nitrogens with zero attached hydrogens (tertiary/aromatic N) is 2. The van der Waals surface area contributed by atoms with E-state index < -0.39 is 0 Å². The van der Waals surface area contributed by atoms with Gasteiger partial charge in [0.25, 0.3) is 0 Å². The molecule has 3 nitrogen and oxygen atoms in total. The Balaban J connectivity index is 2.22. The number of imidazole rings is 1. The predicted octanol–water partition coefficient (Wildman–Crippen LogP) is 4.98. The van der Waals surface area contributed by atoms with Crippen molar-refractivity contribution in [2.75, 3.05) is 0 Å². The van der Waals surface area contributed by atoms with Crippen molar-refractivity contribution >= 4 is 0 Å². The molecule has 0 atom stereocenters. The maximum Gasteiger partial charge on any atom is 0.333 e. The van der Waals surface area contributed by atoms with Crippen molar-refractivity contribution in [3.8, 4) is 5.69 Å². The summed E-state index contributed by atoms with van der Waals surface area (Å²) >= 11 is 0. The highest BCUT2D eigenvalue weighted by molar-refractivity contribution is 5.38. The van der Waals surface area contributed by atoms with Crippen LogP contribution in [0, 0.1) is 11.7 Å². The van der Waals surface area contributed by atoms with Crippen LogP contribution in [0.2, 0.25) is 0 Å².